The normalized spacial score (nSPS) is 12.7. The number of fused-ring (bicyclic) bond motifs is 2. The molecule has 1 aliphatic heterocycles. The van der Waals surface area contributed by atoms with Crippen molar-refractivity contribution in [2.75, 3.05) is 19.8 Å². The molecule has 30 heavy (non-hydrogen) atoms. The van der Waals surface area contributed by atoms with Gasteiger partial charge in [-0.1, -0.05) is 24.3 Å². The quantitative estimate of drug-likeness (QED) is 0.512. The summed E-state index contributed by atoms with van der Waals surface area (Å²) in [7, 11) is 0. The van der Waals surface area contributed by atoms with Crippen molar-refractivity contribution >= 4 is 5.65 Å². The lowest BCUT2D eigenvalue weighted by molar-refractivity contribution is 0.201. The van der Waals surface area contributed by atoms with Gasteiger partial charge in [0.15, 0.2) is 5.65 Å². The number of aryl methyl sites for hydroxylation is 2. The molecule has 0 amide bonds. The summed E-state index contributed by atoms with van der Waals surface area (Å²) in [4.78, 5) is 4.72. The molecule has 0 bridgehead atoms. The number of aromatic nitrogens is 4. The summed E-state index contributed by atoms with van der Waals surface area (Å²) >= 11 is 0. The monoisotopic (exact) mass is 402 g/mol. The van der Waals surface area contributed by atoms with Crippen LogP contribution in [0.4, 0.5) is 0 Å². The Hall–Kier alpha value is -3.45. The Morgan fingerprint density at radius 1 is 1.10 bits per heavy atom. The number of nitrogens with zero attached hydrogens (tertiary/aromatic N) is 4. The van der Waals surface area contributed by atoms with E-state index in [1.165, 1.54) is 11.1 Å². The van der Waals surface area contributed by atoms with Gasteiger partial charge in [-0.25, -0.2) is 4.98 Å². The second kappa shape index (κ2) is 8.12. The van der Waals surface area contributed by atoms with E-state index >= 15 is 0 Å². The van der Waals surface area contributed by atoms with Crippen molar-refractivity contribution in [3.8, 4) is 22.6 Å². The van der Waals surface area contributed by atoms with Gasteiger partial charge in [0.1, 0.15) is 30.3 Å². The highest BCUT2D eigenvalue weighted by atomic mass is 16.5. The zero-order valence-electron chi connectivity index (χ0n) is 16.5. The van der Waals surface area contributed by atoms with E-state index in [-0.39, 0.29) is 13.2 Å². The van der Waals surface area contributed by atoms with E-state index in [1.54, 1.807) is 6.33 Å². The van der Waals surface area contributed by atoms with Crippen molar-refractivity contribution in [1.82, 2.24) is 19.6 Å². The molecule has 0 saturated carbocycles. The van der Waals surface area contributed by atoms with Gasteiger partial charge >= 0.3 is 0 Å². The molecule has 4 aromatic rings. The predicted molar refractivity (Wildman–Crippen MR) is 112 cm³/mol. The highest BCUT2D eigenvalue weighted by Crippen LogP contribution is 2.29. The van der Waals surface area contributed by atoms with E-state index in [0.29, 0.717) is 5.75 Å². The van der Waals surface area contributed by atoms with Gasteiger partial charge in [0.25, 0.3) is 0 Å². The molecule has 0 fully saturated rings. The van der Waals surface area contributed by atoms with Gasteiger partial charge in [-0.3, -0.25) is 4.40 Å². The fourth-order valence-corrected chi connectivity index (χ4v) is 3.92. The second-order valence-corrected chi connectivity index (χ2v) is 7.20. The van der Waals surface area contributed by atoms with E-state index in [2.05, 4.69) is 22.3 Å². The summed E-state index contributed by atoms with van der Waals surface area (Å²) in [6, 6.07) is 13.9. The molecule has 0 saturated heterocycles. The first-order chi connectivity index (χ1) is 14.8. The average Bonchev–Trinajstić information content (AvgIpc) is 3.46. The molecule has 0 unspecified atom stereocenters. The Kier molecular flexibility index (Phi) is 5.03. The molecule has 1 aliphatic rings. The van der Waals surface area contributed by atoms with Crippen molar-refractivity contribution in [1.29, 1.82) is 0 Å². The van der Waals surface area contributed by atoms with Crippen LogP contribution in [0.5, 0.6) is 11.5 Å². The third-order valence-corrected chi connectivity index (χ3v) is 5.39. The molecule has 1 N–H and O–H groups in total. The Bertz CT molecular complexity index is 1170. The van der Waals surface area contributed by atoms with Crippen LogP contribution in [0.25, 0.3) is 16.8 Å². The maximum absolute atomic E-state index is 8.89. The summed E-state index contributed by atoms with van der Waals surface area (Å²) in [6.07, 6.45) is 6.24. The second-order valence-electron chi connectivity index (χ2n) is 7.20. The van der Waals surface area contributed by atoms with Crippen molar-refractivity contribution < 1.29 is 14.6 Å². The van der Waals surface area contributed by atoms with Gasteiger partial charge in [0.2, 0.25) is 0 Å². The Labute approximate surface area is 173 Å². The van der Waals surface area contributed by atoms with Crippen LogP contribution >= 0.6 is 0 Å². The molecule has 7 heteroatoms. The van der Waals surface area contributed by atoms with Gasteiger partial charge in [0, 0.05) is 30.2 Å². The van der Waals surface area contributed by atoms with Crippen molar-refractivity contribution in [3.05, 3.63) is 71.9 Å². The zero-order chi connectivity index (χ0) is 20.3. The predicted octanol–water partition coefficient (Wildman–Crippen LogP) is 2.88. The van der Waals surface area contributed by atoms with Crippen molar-refractivity contribution in [3.63, 3.8) is 0 Å². The lowest BCUT2D eigenvalue weighted by Crippen LogP contribution is -2.05. The molecule has 0 atom stereocenters. The average molecular weight is 402 g/mol. The number of benzene rings is 2. The fraction of sp³-hybridized carbons (Fsp3) is 0.261. The maximum atomic E-state index is 8.89. The Morgan fingerprint density at radius 2 is 2.00 bits per heavy atom. The summed E-state index contributed by atoms with van der Waals surface area (Å²) in [5.74, 6) is 2.66. The number of rotatable bonds is 7. The smallest absolute Gasteiger partial charge is 0.171 e. The highest BCUT2D eigenvalue weighted by Gasteiger charge is 2.17. The SMILES string of the molecule is OCCOc1ccc(-c2cnc(CCc3cccc4c3CCO4)n3cnnc23)cc1. The summed E-state index contributed by atoms with van der Waals surface area (Å²) in [5.41, 5.74) is 5.32. The lowest BCUT2D eigenvalue weighted by atomic mass is 10.0. The topological polar surface area (TPSA) is 81.8 Å². The van der Waals surface area contributed by atoms with Gasteiger partial charge in [0.05, 0.1) is 13.2 Å². The fourth-order valence-electron chi connectivity index (χ4n) is 3.92. The molecule has 0 spiro atoms. The minimum atomic E-state index is -0.00763. The van der Waals surface area contributed by atoms with Crippen molar-refractivity contribution in [2.24, 2.45) is 0 Å². The summed E-state index contributed by atoms with van der Waals surface area (Å²) in [5, 5.41) is 17.3. The summed E-state index contributed by atoms with van der Waals surface area (Å²) in [6.45, 7) is 1.03. The molecule has 5 rings (SSSR count). The van der Waals surface area contributed by atoms with Crippen molar-refractivity contribution in [2.45, 2.75) is 19.3 Å². The first-order valence-corrected chi connectivity index (χ1v) is 10.1. The molecule has 152 valence electrons. The minimum Gasteiger partial charge on any atom is -0.493 e. The molecule has 7 nitrogen and oxygen atoms in total. The number of hydrogen-bond donors (Lipinski definition) is 1. The molecular weight excluding hydrogens is 380 g/mol. The molecule has 0 aliphatic carbocycles. The molecule has 3 heterocycles. The van der Waals surface area contributed by atoms with E-state index in [0.717, 1.165) is 54.2 Å². The minimum absolute atomic E-state index is 0.00763. The summed E-state index contributed by atoms with van der Waals surface area (Å²) < 4.78 is 13.1. The van der Waals surface area contributed by atoms with Crippen LogP contribution in [0, 0.1) is 0 Å². The molecule has 0 radical (unpaired) electrons. The molecule has 2 aromatic heterocycles. The number of hydrogen-bond acceptors (Lipinski definition) is 6. The number of aliphatic hydroxyl groups is 1. The number of ether oxygens (including phenoxy) is 2. The lowest BCUT2D eigenvalue weighted by Gasteiger charge is -2.10. The van der Waals surface area contributed by atoms with Crippen LogP contribution in [0.2, 0.25) is 0 Å². The zero-order valence-corrected chi connectivity index (χ0v) is 16.5. The van der Waals surface area contributed by atoms with E-state index in [9.17, 15) is 0 Å². The van der Waals surface area contributed by atoms with E-state index < -0.39 is 0 Å². The van der Waals surface area contributed by atoms with Crippen LogP contribution in [-0.2, 0) is 19.3 Å². The van der Waals surface area contributed by atoms with Gasteiger partial charge < -0.3 is 14.6 Å². The Balaban J connectivity index is 1.40. The van der Waals surface area contributed by atoms with Gasteiger partial charge in [-0.15, -0.1) is 10.2 Å². The maximum Gasteiger partial charge on any atom is 0.171 e. The third-order valence-electron chi connectivity index (χ3n) is 5.39. The van der Waals surface area contributed by atoms with Crippen LogP contribution < -0.4 is 9.47 Å². The van der Waals surface area contributed by atoms with Crippen LogP contribution in [0.1, 0.15) is 17.0 Å². The number of aliphatic hydroxyl groups excluding tert-OH is 1. The first kappa shape index (κ1) is 18.6. The molecular formula is C23H22N4O3. The first-order valence-electron chi connectivity index (χ1n) is 10.1. The van der Waals surface area contributed by atoms with E-state index in [1.807, 2.05) is 40.9 Å². The highest BCUT2D eigenvalue weighted by molar-refractivity contribution is 5.76. The third kappa shape index (κ3) is 3.48. The Morgan fingerprint density at radius 3 is 2.87 bits per heavy atom. The largest absolute Gasteiger partial charge is 0.493 e. The van der Waals surface area contributed by atoms with Crippen LogP contribution in [0.15, 0.2) is 55.0 Å². The van der Waals surface area contributed by atoms with E-state index in [4.69, 9.17) is 19.6 Å². The molecule has 2 aromatic carbocycles. The van der Waals surface area contributed by atoms with Crippen LogP contribution in [-0.4, -0.2) is 44.5 Å². The standard InChI is InChI=1S/C23H22N4O3/c28-11-13-29-18-7-4-17(5-8-18)20-14-24-22(27-15-25-26-23(20)27)9-6-16-2-1-3-21-19(16)10-12-30-21/h1-5,7-8,14-15,28H,6,9-13H2. The van der Waals surface area contributed by atoms with Crippen LogP contribution in [0.3, 0.4) is 0 Å². The van der Waals surface area contributed by atoms with Gasteiger partial charge in [-0.2, -0.15) is 0 Å². The van der Waals surface area contributed by atoms with Gasteiger partial charge in [-0.05, 0) is 35.7 Å².